The SMILES string of the molecule is NC(OCO)(P=O)c1ccccc1. The molecule has 0 amide bonds. The summed E-state index contributed by atoms with van der Waals surface area (Å²) in [5, 5.41) is 8.55. The number of ether oxygens (including phenoxy) is 1. The summed E-state index contributed by atoms with van der Waals surface area (Å²) in [5.74, 6) is 0. The van der Waals surface area contributed by atoms with Gasteiger partial charge in [-0.2, -0.15) is 0 Å². The Balaban J connectivity index is 2.95. The van der Waals surface area contributed by atoms with Crippen molar-refractivity contribution in [1.82, 2.24) is 0 Å². The minimum atomic E-state index is -1.45. The van der Waals surface area contributed by atoms with Gasteiger partial charge in [0.05, 0.1) is 0 Å². The zero-order valence-electron chi connectivity index (χ0n) is 6.88. The lowest BCUT2D eigenvalue weighted by Gasteiger charge is -2.20. The largest absolute Gasteiger partial charge is 0.371 e. The summed E-state index contributed by atoms with van der Waals surface area (Å²) in [4.78, 5) is 0. The van der Waals surface area contributed by atoms with Crippen molar-refractivity contribution in [3.63, 3.8) is 0 Å². The van der Waals surface area contributed by atoms with Gasteiger partial charge >= 0.3 is 0 Å². The smallest absolute Gasteiger partial charge is 0.226 e. The lowest BCUT2D eigenvalue weighted by Crippen LogP contribution is -2.33. The summed E-state index contributed by atoms with van der Waals surface area (Å²) in [6.07, 6.45) is 0. The van der Waals surface area contributed by atoms with Crippen LogP contribution in [0.4, 0.5) is 0 Å². The van der Waals surface area contributed by atoms with Crippen LogP contribution in [0.5, 0.6) is 0 Å². The molecule has 1 aromatic rings. The second-order valence-electron chi connectivity index (χ2n) is 2.43. The highest BCUT2D eigenvalue weighted by molar-refractivity contribution is 7.25. The van der Waals surface area contributed by atoms with Gasteiger partial charge in [0.15, 0.2) is 0 Å². The molecule has 0 aliphatic heterocycles. The zero-order valence-corrected chi connectivity index (χ0v) is 7.78. The van der Waals surface area contributed by atoms with Crippen LogP contribution in [0, 0.1) is 0 Å². The number of aliphatic hydroxyl groups is 1. The fourth-order valence-corrected chi connectivity index (χ4v) is 1.30. The highest BCUT2D eigenvalue weighted by atomic mass is 31.1. The minimum absolute atomic E-state index is 0.386. The highest BCUT2D eigenvalue weighted by Gasteiger charge is 2.28. The monoisotopic (exact) mass is 199 g/mol. The summed E-state index contributed by atoms with van der Waals surface area (Å²) in [6, 6.07) is 8.68. The van der Waals surface area contributed by atoms with E-state index in [4.69, 9.17) is 15.6 Å². The van der Waals surface area contributed by atoms with Gasteiger partial charge in [0.25, 0.3) is 0 Å². The molecular formula is C8H10NO3P. The number of aliphatic hydroxyl groups excluding tert-OH is 1. The predicted octanol–water partition coefficient (Wildman–Crippen LogP) is 1.01. The molecule has 0 aliphatic rings. The molecule has 1 atom stereocenters. The van der Waals surface area contributed by atoms with Crippen molar-refractivity contribution in [2.24, 2.45) is 5.73 Å². The van der Waals surface area contributed by atoms with E-state index in [-0.39, 0.29) is 8.46 Å². The number of nitrogens with two attached hydrogens (primary N) is 1. The molecule has 13 heavy (non-hydrogen) atoms. The van der Waals surface area contributed by atoms with E-state index in [2.05, 4.69) is 0 Å². The highest BCUT2D eigenvalue weighted by Crippen LogP contribution is 2.30. The molecule has 1 aromatic carbocycles. The quantitative estimate of drug-likeness (QED) is 0.560. The lowest BCUT2D eigenvalue weighted by molar-refractivity contribution is -0.0715. The standard InChI is InChI=1S/C8H10NO3P/c9-8(13-11,12-6-10)7-4-2-1-3-5-7/h1-5,10H,6,9H2. The van der Waals surface area contributed by atoms with Crippen LogP contribution in [0.15, 0.2) is 30.3 Å². The summed E-state index contributed by atoms with van der Waals surface area (Å²) >= 11 is 0. The van der Waals surface area contributed by atoms with Gasteiger partial charge in [0.1, 0.15) is 6.79 Å². The van der Waals surface area contributed by atoms with E-state index in [9.17, 15) is 4.57 Å². The van der Waals surface area contributed by atoms with E-state index in [1.54, 1.807) is 24.3 Å². The van der Waals surface area contributed by atoms with Crippen molar-refractivity contribution >= 4 is 8.46 Å². The third kappa shape index (κ3) is 2.32. The van der Waals surface area contributed by atoms with E-state index < -0.39 is 12.3 Å². The molecule has 0 fully saturated rings. The molecule has 0 spiro atoms. The van der Waals surface area contributed by atoms with Crippen LogP contribution < -0.4 is 5.73 Å². The van der Waals surface area contributed by atoms with Gasteiger partial charge in [-0.15, -0.1) is 0 Å². The van der Waals surface area contributed by atoms with Crippen LogP contribution in [-0.4, -0.2) is 11.9 Å². The first-order chi connectivity index (χ1) is 6.23. The lowest BCUT2D eigenvalue weighted by atomic mass is 10.2. The molecule has 3 N–H and O–H groups in total. The van der Waals surface area contributed by atoms with Gasteiger partial charge in [-0.25, -0.2) is 0 Å². The van der Waals surface area contributed by atoms with Gasteiger partial charge in [-0.3, -0.25) is 10.3 Å². The van der Waals surface area contributed by atoms with Crippen LogP contribution in [0.3, 0.4) is 0 Å². The Labute approximate surface area is 77.5 Å². The molecule has 0 aliphatic carbocycles. The van der Waals surface area contributed by atoms with E-state index in [0.717, 1.165) is 0 Å². The normalized spacial score (nSPS) is 15.5. The Kier molecular flexibility index (Phi) is 3.51. The maximum Gasteiger partial charge on any atom is 0.226 e. The summed E-state index contributed by atoms with van der Waals surface area (Å²) in [5.41, 5.74) is 4.73. The van der Waals surface area contributed by atoms with Gasteiger partial charge in [0.2, 0.25) is 13.9 Å². The number of hydrogen-bond donors (Lipinski definition) is 2. The second-order valence-corrected chi connectivity index (χ2v) is 3.27. The molecule has 0 radical (unpaired) electrons. The van der Waals surface area contributed by atoms with Crippen molar-refractivity contribution in [3.8, 4) is 0 Å². The molecule has 1 rings (SSSR count). The Hall–Kier alpha value is -0.800. The van der Waals surface area contributed by atoms with Gasteiger partial charge in [0, 0.05) is 5.56 Å². The Bertz CT molecular complexity index is 280. The van der Waals surface area contributed by atoms with Gasteiger partial charge in [-0.05, 0) is 0 Å². The first kappa shape index (κ1) is 10.3. The fourth-order valence-electron chi connectivity index (χ4n) is 0.938. The molecule has 0 saturated carbocycles. The average Bonchev–Trinajstić information content (AvgIpc) is 2.19. The van der Waals surface area contributed by atoms with Crippen LogP contribution in [0.25, 0.3) is 0 Å². The van der Waals surface area contributed by atoms with Gasteiger partial charge in [-0.1, -0.05) is 30.3 Å². The molecule has 4 nitrogen and oxygen atoms in total. The average molecular weight is 199 g/mol. The molecule has 1 unspecified atom stereocenters. The summed E-state index contributed by atoms with van der Waals surface area (Å²) < 4.78 is 15.5. The number of rotatable bonds is 4. The topological polar surface area (TPSA) is 72.6 Å². The third-order valence-electron chi connectivity index (χ3n) is 1.61. The number of hydrogen-bond acceptors (Lipinski definition) is 4. The first-order valence-corrected chi connectivity index (χ1v) is 4.48. The number of benzene rings is 1. The van der Waals surface area contributed by atoms with Crippen molar-refractivity contribution < 1.29 is 14.4 Å². The molecule has 0 aromatic heterocycles. The molecule has 70 valence electrons. The minimum Gasteiger partial charge on any atom is -0.371 e. The van der Waals surface area contributed by atoms with Crippen molar-refractivity contribution in [2.45, 2.75) is 5.47 Å². The Morgan fingerprint density at radius 3 is 2.54 bits per heavy atom. The third-order valence-corrected chi connectivity index (χ3v) is 2.27. The van der Waals surface area contributed by atoms with E-state index in [1.807, 2.05) is 6.07 Å². The van der Waals surface area contributed by atoms with Crippen LogP contribution in [0.1, 0.15) is 5.56 Å². The second kappa shape index (κ2) is 4.44. The van der Waals surface area contributed by atoms with Crippen LogP contribution in [-0.2, 0) is 14.8 Å². The van der Waals surface area contributed by atoms with Crippen molar-refractivity contribution in [1.29, 1.82) is 0 Å². The molecule has 5 heteroatoms. The zero-order chi connectivity index (χ0) is 9.73. The first-order valence-electron chi connectivity index (χ1n) is 3.66. The Morgan fingerprint density at radius 1 is 1.46 bits per heavy atom. The van der Waals surface area contributed by atoms with E-state index >= 15 is 0 Å². The Morgan fingerprint density at radius 2 is 2.08 bits per heavy atom. The molecule has 0 saturated heterocycles. The maximum absolute atomic E-state index is 10.8. The molecule has 0 heterocycles. The molecular weight excluding hydrogens is 189 g/mol. The molecule has 0 bridgehead atoms. The maximum atomic E-state index is 10.8. The van der Waals surface area contributed by atoms with E-state index in [0.29, 0.717) is 5.56 Å². The van der Waals surface area contributed by atoms with Crippen molar-refractivity contribution in [2.75, 3.05) is 6.79 Å². The fraction of sp³-hybridized carbons (Fsp3) is 0.250. The predicted molar refractivity (Wildman–Crippen MR) is 48.1 cm³/mol. The summed E-state index contributed by atoms with van der Waals surface area (Å²) in [6.45, 7) is -0.569. The van der Waals surface area contributed by atoms with Crippen molar-refractivity contribution in [3.05, 3.63) is 35.9 Å². The summed E-state index contributed by atoms with van der Waals surface area (Å²) in [7, 11) is -0.386. The van der Waals surface area contributed by atoms with Crippen LogP contribution >= 0.6 is 8.46 Å². The van der Waals surface area contributed by atoms with Gasteiger partial charge < -0.3 is 9.84 Å². The van der Waals surface area contributed by atoms with Crippen LogP contribution in [0.2, 0.25) is 0 Å². The van der Waals surface area contributed by atoms with E-state index in [1.165, 1.54) is 0 Å².